The van der Waals surface area contributed by atoms with Crippen LogP contribution in [-0.2, 0) is 22.6 Å². The molecule has 1 saturated heterocycles. The predicted molar refractivity (Wildman–Crippen MR) is 95.3 cm³/mol. The fraction of sp³-hybridized carbons (Fsp3) is 0.353. The number of amides is 2. The van der Waals surface area contributed by atoms with Crippen molar-refractivity contribution in [1.82, 2.24) is 9.88 Å². The third-order valence-corrected chi connectivity index (χ3v) is 5.25. The Morgan fingerprint density at radius 1 is 1.42 bits per heavy atom. The van der Waals surface area contributed by atoms with Gasteiger partial charge < -0.3 is 4.90 Å². The van der Waals surface area contributed by atoms with E-state index in [-0.39, 0.29) is 18.2 Å². The molecule has 0 radical (unpaired) electrons. The molecule has 0 atom stereocenters. The SMILES string of the molecule is CN(Cc1ccccc1Cl)C(=O)Cc1csc(N2CCCC2=O)n1. The summed E-state index contributed by atoms with van der Waals surface area (Å²) in [7, 11) is 1.75. The number of hydrogen-bond donors (Lipinski definition) is 0. The Kier molecular flexibility index (Phi) is 5.16. The lowest BCUT2D eigenvalue weighted by molar-refractivity contribution is -0.129. The molecule has 1 aliphatic rings. The van der Waals surface area contributed by atoms with E-state index in [1.807, 2.05) is 29.6 Å². The topological polar surface area (TPSA) is 53.5 Å². The van der Waals surface area contributed by atoms with Gasteiger partial charge in [-0.05, 0) is 18.1 Å². The van der Waals surface area contributed by atoms with Crippen molar-refractivity contribution in [2.24, 2.45) is 0 Å². The second-order valence-corrected chi connectivity index (χ2v) is 7.03. The monoisotopic (exact) mass is 363 g/mol. The maximum atomic E-state index is 12.4. The van der Waals surface area contributed by atoms with E-state index >= 15 is 0 Å². The molecule has 5 nitrogen and oxygen atoms in total. The van der Waals surface area contributed by atoms with Crippen molar-refractivity contribution >= 4 is 39.9 Å². The molecule has 7 heteroatoms. The summed E-state index contributed by atoms with van der Waals surface area (Å²) in [6.07, 6.45) is 1.67. The largest absolute Gasteiger partial charge is 0.341 e. The molecule has 24 heavy (non-hydrogen) atoms. The van der Waals surface area contributed by atoms with E-state index in [4.69, 9.17) is 11.6 Å². The zero-order valence-electron chi connectivity index (χ0n) is 13.4. The second kappa shape index (κ2) is 7.32. The van der Waals surface area contributed by atoms with Crippen LogP contribution in [0.15, 0.2) is 29.6 Å². The lowest BCUT2D eigenvalue weighted by atomic mass is 10.2. The number of benzene rings is 1. The Hall–Kier alpha value is -1.92. The summed E-state index contributed by atoms with van der Waals surface area (Å²) in [5, 5.41) is 3.19. The van der Waals surface area contributed by atoms with Crippen molar-refractivity contribution < 1.29 is 9.59 Å². The van der Waals surface area contributed by atoms with Crippen LogP contribution in [0.3, 0.4) is 0 Å². The zero-order chi connectivity index (χ0) is 17.1. The maximum Gasteiger partial charge on any atom is 0.228 e. The van der Waals surface area contributed by atoms with E-state index in [2.05, 4.69) is 4.98 Å². The second-order valence-electron chi connectivity index (χ2n) is 5.79. The summed E-state index contributed by atoms with van der Waals surface area (Å²) < 4.78 is 0. The number of nitrogens with zero attached hydrogens (tertiary/aromatic N) is 3. The molecule has 1 aliphatic heterocycles. The highest BCUT2D eigenvalue weighted by Crippen LogP contribution is 2.25. The average molecular weight is 364 g/mol. The number of thiazole rings is 1. The first kappa shape index (κ1) is 16.9. The summed E-state index contributed by atoms with van der Waals surface area (Å²) in [6, 6.07) is 7.49. The van der Waals surface area contributed by atoms with Crippen molar-refractivity contribution in [3.63, 3.8) is 0 Å². The molecule has 0 N–H and O–H groups in total. The number of likely N-dealkylation sites (N-methyl/N-ethyl adjacent to an activating group) is 1. The van der Waals surface area contributed by atoms with Gasteiger partial charge in [-0.25, -0.2) is 4.98 Å². The molecule has 0 unspecified atom stereocenters. The summed E-state index contributed by atoms with van der Waals surface area (Å²) in [4.78, 5) is 31.9. The average Bonchev–Trinajstić information content (AvgIpc) is 3.18. The van der Waals surface area contributed by atoms with E-state index in [1.54, 1.807) is 16.8 Å². The van der Waals surface area contributed by atoms with Gasteiger partial charge in [-0.1, -0.05) is 29.8 Å². The van der Waals surface area contributed by atoms with Crippen molar-refractivity contribution in [3.8, 4) is 0 Å². The molecule has 1 aromatic heterocycles. The van der Waals surface area contributed by atoms with E-state index in [9.17, 15) is 9.59 Å². The zero-order valence-corrected chi connectivity index (χ0v) is 14.9. The molecule has 0 saturated carbocycles. The first-order valence-electron chi connectivity index (χ1n) is 7.76. The standard InChI is InChI=1S/C17H18ClN3O2S/c1-20(10-12-5-2-3-6-14(12)18)16(23)9-13-11-24-17(19-13)21-8-4-7-15(21)22/h2-3,5-6,11H,4,7-10H2,1H3. The van der Waals surface area contributed by atoms with Gasteiger partial charge in [0.1, 0.15) is 0 Å². The van der Waals surface area contributed by atoms with Crippen LogP contribution in [-0.4, -0.2) is 35.3 Å². The van der Waals surface area contributed by atoms with Gasteiger partial charge in [0.25, 0.3) is 0 Å². The Labute approximate surface area is 149 Å². The van der Waals surface area contributed by atoms with Crippen molar-refractivity contribution in [1.29, 1.82) is 0 Å². The van der Waals surface area contributed by atoms with Gasteiger partial charge in [0.2, 0.25) is 11.8 Å². The van der Waals surface area contributed by atoms with E-state index in [0.717, 1.165) is 12.0 Å². The molecule has 0 aliphatic carbocycles. The number of aromatic nitrogens is 1. The predicted octanol–water partition coefficient (Wildman–Crippen LogP) is 3.12. The highest BCUT2D eigenvalue weighted by atomic mass is 35.5. The number of anilines is 1. The summed E-state index contributed by atoms with van der Waals surface area (Å²) >= 11 is 7.55. The minimum absolute atomic E-state index is 0.0282. The van der Waals surface area contributed by atoms with Crippen LogP contribution >= 0.6 is 22.9 Å². The molecule has 2 aromatic rings. The number of carbonyl (C=O) groups is 2. The van der Waals surface area contributed by atoms with Crippen LogP contribution in [0.5, 0.6) is 0 Å². The number of rotatable bonds is 5. The molecular weight excluding hydrogens is 346 g/mol. The van der Waals surface area contributed by atoms with Gasteiger partial charge in [-0.3, -0.25) is 14.5 Å². The lowest BCUT2D eigenvalue weighted by Crippen LogP contribution is -2.28. The lowest BCUT2D eigenvalue weighted by Gasteiger charge is -2.17. The maximum absolute atomic E-state index is 12.4. The molecule has 126 valence electrons. The van der Waals surface area contributed by atoms with Gasteiger partial charge >= 0.3 is 0 Å². The van der Waals surface area contributed by atoms with Crippen molar-refractivity contribution in [2.45, 2.75) is 25.8 Å². The summed E-state index contributed by atoms with van der Waals surface area (Å²) in [5.41, 5.74) is 1.61. The van der Waals surface area contributed by atoms with Gasteiger partial charge in [-0.15, -0.1) is 11.3 Å². The molecule has 3 rings (SSSR count). The fourth-order valence-electron chi connectivity index (χ4n) is 2.61. The number of hydrogen-bond acceptors (Lipinski definition) is 4. The summed E-state index contributed by atoms with van der Waals surface area (Å²) in [6.45, 7) is 1.17. The third-order valence-electron chi connectivity index (χ3n) is 3.97. The smallest absolute Gasteiger partial charge is 0.228 e. The van der Waals surface area contributed by atoms with Gasteiger partial charge in [0.15, 0.2) is 5.13 Å². The van der Waals surface area contributed by atoms with Crippen LogP contribution in [0.25, 0.3) is 0 Å². The fourth-order valence-corrected chi connectivity index (χ4v) is 3.68. The van der Waals surface area contributed by atoms with E-state index in [0.29, 0.717) is 35.4 Å². The molecule has 2 heterocycles. The third kappa shape index (κ3) is 3.76. The minimum Gasteiger partial charge on any atom is -0.341 e. The Bertz CT molecular complexity index is 762. The molecule has 1 aromatic carbocycles. The van der Waals surface area contributed by atoms with Crippen LogP contribution in [0, 0.1) is 0 Å². The van der Waals surface area contributed by atoms with Crippen molar-refractivity contribution in [3.05, 3.63) is 45.9 Å². The molecule has 0 spiro atoms. The van der Waals surface area contributed by atoms with E-state index < -0.39 is 0 Å². The van der Waals surface area contributed by atoms with Gasteiger partial charge in [0.05, 0.1) is 12.1 Å². The van der Waals surface area contributed by atoms with E-state index in [1.165, 1.54) is 11.3 Å². The van der Waals surface area contributed by atoms with Gasteiger partial charge in [0, 0.05) is 37.0 Å². The Morgan fingerprint density at radius 3 is 2.92 bits per heavy atom. The Balaban J connectivity index is 1.61. The molecule has 2 amide bonds. The van der Waals surface area contributed by atoms with Gasteiger partial charge in [-0.2, -0.15) is 0 Å². The quantitative estimate of drug-likeness (QED) is 0.820. The van der Waals surface area contributed by atoms with Crippen LogP contribution in [0.2, 0.25) is 5.02 Å². The highest BCUT2D eigenvalue weighted by molar-refractivity contribution is 7.14. The van der Waals surface area contributed by atoms with Crippen LogP contribution in [0.1, 0.15) is 24.1 Å². The number of carbonyl (C=O) groups excluding carboxylic acids is 2. The highest BCUT2D eigenvalue weighted by Gasteiger charge is 2.24. The normalized spacial score (nSPS) is 14.2. The number of halogens is 1. The molecule has 1 fully saturated rings. The first-order valence-corrected chi connectivity index (χ1v) is 9.02. The first-order chi connectivity index (χ1) is 11.5. The summed E-state index contributed by atoms with van der Waals surface area (Å²) in [5.74, 6) is 0.0811. The molecular formula is C17H18ClN3O2S. The van der Waals surface area contributed by atoms with Crippen LogP contribution < -0.4 is 4.90 Å². The molecule has 0 bridgehead atoms. The minimum atomic E-state index is -0.0282. The van der Waals surface area contributed by atoms with Crippen LogP contribution in [0.4, 0.5) is 5.13 Å². The van der Waals surface area contributed by atoms with Crippen molar-refractivity contribution in [2.75, 3.05) is 18.5 Å². The Morgan fingerprint density at radius 2 is 2.21 bits per heavy atom.